The fourth-order valence-electron chi connectivity index (χ4n) is 3.56. The molecule has 0 aliphatic carbocycles. The van der Waals surface area contributed by atoms with Crippen LogP contribution in [0.3, 0.4) is 0 Å². The Bertz CT molecular complexity index is 1040. The molecule has 8 nitrogen and oxygen atoms in total. The minimum Gasteiger partial charge on any atom is -0.335 e. The van der Waals surface area contributed by atoms with Gasteiger partial charge in [0, 0.05) is 37.1 Å². The fraction of sp³-hybridized carbons (Fsp3) is 0.450. The van der Waals surface area contributed by atoms with Gasteiger partial charge in [0.2, 0.25) is 10.0 Å². The van der Waals surface area contributed by atoms with Gasteiger partial charge in [0.25, 0.3) is 11.6 Å². The number of carbonyl (C=O) groups is 1. The number of rotatable bonds is 7. The van der Waals surface area contributed by atoms with Gasteiger partial charge in [-0.15, -0.1) is 11.3 Å². The number of para-hydroxylation sites is 1. The summed E-state index contributed by atoms with van der Waals surface area (Å²) in [6, 6.07) is 7.29. The molecule has 1 fully saturated rings. The Labute approximate surface area is 180 Å². The molecule has 0 unspecified atom stereocenters. The summed E-state index contributed by atoms with van der Waals surface area (Å²) >= 11 is 1.52. The van der Waals surface area contributed by atoms with Crippen molar-refractivity contribution in [1.29, 1.82) is 0 Å². The Balaban J connectivity index is 1.73. The lowest BCUT2D eigenvalue weighted by Gasteiger charge is -2.33. The maximum absolute atomic E-state index is 12.9. The highest BCUT2D eigenvalue weighted by atomic mass is 32.2. The third-order valence-electron chi connectivity index (χ3n) is 5.17. The monoisotopic (exact) mass is 451 g/mol. The molecule has 0 N–H and O–H groups in total. The van der Waals surface area contributed by atoms with Gasteiger partial charge < -0.3 is 4.90 Å². The van der Waals surface area contributed by atoms with Gasteiger partial charge in [-0.25, -0.2) is 8.42 Å². The first kappa shape index (κ1) is 22.4. The Morgan fingerprint density at radius 2 is 1.83 bits per heavy atom. The molecule has 0 bridgehead atoms. The maximum atomic E-state index is 12.9. The predicted molar refractivity (Wildman–Crippen MR) is 115 cm³/mol. The first-order chi connectivity index (χ1) is 14.3. The minimum absolute atomic E-state index is 0.0835. The fourth-order valence-corrected chi connectivity index (χ4v) is 6.47. The number of amides is 1. The summed E-state index contributed by atoms with van der Waals surface area (Å²) in [7, 11) is -4.01. The first-order valence-corrected chi connectivity index (χ1v) is 12.2. The van der Waals surface area contributed by atoms with Crippen LogP contribution in [0.4, 0.5) is 5.69 Å². The number of sulfonamides is 1. The third kappa shape index (κ3) is 4.40. The predicted octanol–water partition coefficient (Wildman–Crippen LogP) is 3.32. The average molecular weight is 452 g/mol. The van der Waals surface area contributed by atoms with Crippen LogP contribution in [0.5, 0.6) is 0 Å². The molecule has 30 heavy (non-hydrogen) atoms. The van der Waals surface area contributed by atoms with E-state index in [-0.39, 0.29) is 37.0 Å². The minimum atomic E-state index is -4.01. The lowest BCUT2D eigenvalue weighted by Crippen LogP contribution is -2.50. The lowest BCUT2D eigenvalue weighted by molar-refractivity contribution is -0.387. The standard InChI is InChI=1S/C20H25N3O5S2/c1-3-7-17-15(4-2)14-18(29-17)20(24)21-10-12-22(13-11-21)30(27,28)19-9-6-5-8-16(19)23(25)26/h5-6,8-9,14H,3-4,7,10-13H2,1-2H3. The van der Waals surface area contributed by atoms with Crippen LogP contribution >= 0.6 is 11.3 Å². The number of carbonyl (C=O) groups excluding carboxylic acids is 1. The SMILES string of the molecule is CCCc1sc(C(=O)N2CCN(S(=O)(=O)c3ccccc3[N+](=O)[O-])CC2)cc1CC. The van der Waals surface area contributed by atoms with Gasteiger partial charge in [-0.2, -0.15) is 4.31 Å². The van der Waals surface area contributed by atoms with Crippen LogP contribution in [0.1, 0.15) is 40.4 Å². The number of aryl methyl sites for hydroxylation is 2. The molecule has 10 heteroatoms. The molecular formula is C20H25N3O5S2. The van der Waals surface area contributed by atoms with E-state index < -0.39 is 20.6 Å². The number of nitro benzene ring substituents is 1. The maximum Gasteiger partial charge on any atom is 0.289 e. The van der Waals surface area contributed by atoms with Crippen molar-refractivity contribution < 1.29 is 18.1 Å². The zero-order valence-corrected chi connectivity index (χ0v) is 18.7. The summed E-state index contributed by atoms with van der Waals surface area (Å²) in [4.78, 5) is 26.7. The molecule has 1 aliphatic rings. The van der Waals surface area contributed by atoms with Gasteiger partial charge >= 0.3 is 0 Å². The van der Waals surface area contributed by atoms with E-state index in [9.17, 15) is 23.3 Å². The highest BCUT2D eigenvalue weighted by Crippen LogP contribution is 2.29. The first-order valence-electron chi connectivity index (χ1n) is 9.94. The molecule has 1 aromatic heterocycles. The second-order valence-electron chi connectivity index (χ2n) is 7.08. The number of hydrogen-bond acceptors (Lipinski definition) is 6. The summed E-state index contributed by atoms with van der Waals surface area (Å²) in [6.45, 7) is 4.89. The van der Waals surface area contributed by atoms with Gasteiger partial charge in [-0.3, -0.25) is 14.9 Å². The van der Waals surface area contributed by atoms with E-state index in [4.69, 9.17) is 0 Å². The van der Waals surface area contributed by atoms with Crippen molar-refractivity contribution in [2.75, 3.05) is 26.2 Å². The third-order valence-corrected chi connectivity index (χ3v) is 8.34. The van der Waals surface area contributed by atoms with E-state index >= 15 is 0 Å². The molecule has 3 rings (SSSR count). The summed E-state index contributed by atoms with van der Waals surface area (Å²) in [6.07, 6.45) is 2.84. The quantitative estimate of drug-likeness (QED) is 0.475. The molecule has 0 spiro atoms. The van der Waals surface area contributed by atoms with Crippen molar-refractivity contribution in [1.82, 2.24) is 9.21 Å². The van der Waals surface area contributed by atoms with Crippen molar-refractivity contribution in [2.24, 2.45) is 0 Å². The number of hydrogen-bond donors (Lipinski definition) is 0. The molecule has 2 heterocycles. The summed E-state index contributed by atoms with van der Waals surface area (Å²) in [5.74, 6) is -0.0835. The van der Waals surface area contributed by atoms with Gasteiger partial charge in [-0.05, 0) is 30.5 Å². The van der Waals surface area contributed by atoms with E-state index in [2.05, 4.69) is 13.8 Å². The van der Waals surface area contributed by atoms with E-state index in [0.717, 1.165) is 19.3 Å². The van der Waals surface area contributed by atoms with Crippen molar-refractivity contribution >= 4 is 33.0 Å². The Hall–Kier alpha value is -2.30. The number of benzene rings is 1. The number of thiophene rings is 1. The van der Waals surface area contributed by atoms with Crippen LogP contribution in [0, 0.1) is 10.1 Å². The summed E-state index contributed by atoms with van der Waals surface area (Å²) < 4.78 is 27.1. The van der Waals surface area contributed by atoms with Crippen molar-refractivity contribution in [3.8, 4) is 0 Å². The second-order valence-corrected chi connectivity index (χ2v) is 10.1. The normalized spacial score (nSPS) is 15.3. The Morgan fingerprint density at radius 3 is 2.43 bits per heavy atom. The van der Waals surface area contributed by atoms with Crippen molar-refractivity contribution in [3.63, 3.8) is 0 Å². The van der Waals surface area contributed by atoms with E-state index in [1.165, 1.54) is 50.3 Å². The van der Waals surface area contributed by atoms with Gasteiger partial charge in [-0.1, -0.05) is 32.4 Å². The van der Waals surface area contributed by atoms with E-state index in [1.54, 1.807) is 4.90 Å². The van der Waals surface area contributed by atoms with Gasteiger partial charge in [0.15, 0.2) is 4.90 Å². The van der Waals surface area contributed by atoms with Crippen molar-refractivity contribution in [3.05, 3.63) is 55.8 Å². The number of nitro groups is 1. The topological polar surface area (TPSA) is 101 Å². The van der Waals surface area contributed by atoms with E-state index in [1.807, 2.05) is 6.07 Å². The molecular weight excluding hydrogens is 426 g/mol. The molecule has 0 atom stereocenters. The van der Waals surface area contributed by atoms with Crippen LogP contribution in [-0.4, -0.2) is 54.6 Å². The largest absolute Gasteiger partial charge is 0.335 e. The van der Waals surface area contributed by atoms with Crippen LogP contribution in [0.2, 0.25) is 0 Å². The van der Waals surface area contributed by atoms with Crippen LogP contribution in [-0.2, 0) is 22.9 Å². The highest BCUT2D eigenvalue weighted by Gasteiger charge is 2.34. The zero-order chi connectivity index (χ0) is 21.9. The van der Waals surface area contributed by atoms with Crippen LogP contribution < -0.4 is 0 Å². The second kappa shape index (κ2) is 9.23. The molecule has 0 radical (unpaired) electrons. The summed E-state index contributed by atoms with van der Waals surface area (Å²) in [5.41, 5.74) is 0.757. The van der Waals surface area contributed by atoms with Crippen LogP contribution in [0.15, 0.2) is 35.2 Å². The Morgan fingerprint density at radius 1 is 1.17 bits per heavy atom. The van der Waals surface area contributed by atoms with Crippen LogP contribution in [0.25, 0.3) is 0 Å². The lowest BCUT2D eigenvalue weighted by atomic mass is 10.1. The molecule has 0 saturated carbocycles. The molecule has 2 aromatic rings. The van der Waals surface area contributed by atoms with Gasteiger partial charge in [0.1, 0.15) is 0 Å². The number of nitrogens with zero attached hydrogens (tertiary/aromatic N) is 3. The average Bonchev–Trinajstić information content (AvgIpc) is 3.16. The van der Waals surface area contributed by atoms with Gasteiger partial charge in [0.05, 0.1) is 9.80 Å². The zero-order valence-electron chi connectivity index (χ0n) is 17.0. The smallest absolute Gasteiger partial charge is 0.289 e. The molecule has 1 aliphatic heterocycles. The van der Waals surface area contributed by atoms with E-state index in [0.29, 0.717) is 4.88 Å². The molecule has 162 valence electrons. The molecule has 1 saturated heterocycles. The van der Waals surface area contributed by atoms with Crippen molar-refractivity contribution in [2.45, 2.75) is 38.0 Å². The number of piperazine rings is 1. The summed E-state index contributed by atoms with van der Waals surface area (Å²) in [5, 5.41) is 11.2. The molecule has 1 aromatic carbocycles. The highest BCUT2D eigenvalue weighted by molar-refractivity contribution is 7.89. The Kier molecular flexibility index (Phi) is 6.89. The molecule has 1 amide bonds.